The smallest absolute Gasteiger partial charge is 0.382 e. The molecule has 1 fully saturated rings. The van der Waals surface area contributed by atoms with Gasteiger partial charge in [-0.1, -0.05) is 19.1 Å². The minimum Gasteiger partial charge on any atom is -0.382 e. The number of aryl methyl sites for hydroxylation is 1. The van der Waals surface area contributed by atoms with Crippen LogP contribution in [0.25, 0.3) is 0 Å². The van der Waals surface area contributed by atoms with E-state index in [1.54, 1.807) is 24.1 Å². The number of carbonyl (C=O) groups is 1. The number of hydrogen-bond acceptors (Lipinski definition) is 7. The minimum atomic E-state index is -4.57. The van der Waals surface area contributed by atoms with Gasteiger partial charge >= 0.3 is 6.18 Å². The van der Waals surface area contributed by atoms with E-state index >= 15 is 0 Å². The van der Waals surface area contributed by atoms with Crippen LogP contribution in [0.15, 0.2) is 48.8 Å². The second-order valence-electron chi connectivity index (χ2n) is 9.39. The van der Waals surface area contributed by atoms with Crippen LogP contribution in [0, 0.1) is 6.92 Å². The Kier molecular flexibility index (Phi) is 8.17. The predicted molar refractivity (Wildman–Crippen MR) is 142 cm³/mol. The Labute approximate surface area is 220 Å². The summed E-state index contributed by atoms with van der Waals surface area (Å²) in [7, 11) is 1.80. The highest BCUT2D eigenvalue weighted by Crippen LogP contribution is 2.34. The number of nitrogens with zero attached hydrogens (tertiary/aromatic N) is 5. The number of likely N-dealkylation sites (N-methyl/N-ethyl adjacent to an activating group) is 1. The highest BCUT2D eigenvalue weighted by molar-refractivity contribution is 6.04. The van der Waals surface area contributed by atoms with E-state index in [0.29, 0.717) is 30.4 Å². The van der Waals surface area contributed by atoms with Gasteiger partial charge in [-0.3, -0.25) is 9.69 Å². The molecule has 11 heteroatoms. The summed E-state index contributed by atoms with van der Waals surface area (Å²) in [4.78, 5) is 27.4. The first-order valence-electron chi connectivity index (χ1n) is 12.4. The summed E-state index contributed by atoms with van der Waals surface area (Å²) in [5.41, 5.74) is 7.05. The fourth-order valence-electron chi connectivity index (χ4n) is 4.50. The molecule has 1 saturated heterocycles. The third-order valence-corrected chi connectivity index (χ3v) is 6.81. The number of nitrogen functional groups attached to an aromatic ring is 1. The number of anilines is 4. The lowest BCUT2D eigenvalue weighted by molar-refractivity contribution is -0.138. The van der Waals surface area contributed by atoms with Crippen molar-refractivity contribution in [2.45, 2.75) is 26.6 Å². The number of benzene rings is 2. The van der Waals surface area contributed by atoms with Gasteiger partial charge in [0.15, 0.2) is 5.82 Å². The van der Waals surface area contributed by atoms with Gasteiger partial charge in [-0.2, -0.15) is 13.2 Å². The molecule has 1 aromatic heterocycles. The van der Waals surface area contributed by atoms with Crippen LogP contribution in [0.1, 0.15) is 34.0 Å². The van der Waals surface area contributed by atoms with Gasteiger partial charge in [0, 0.05) is 56.7 Å². The molecule has 0 spiro atoms. The molecule has 1 aliphatic rings. The third-order valence-electron chi connectivity index (χ3n) is 6.81. The van der Waals surface area contributed by atoms with Crippen molar-refractivity contribution < 1.29 is 18.0 Å². The number of carbonyl (C=O) groups excluding carboxylic acids is 1. The molecule has 202 valence electrons. The number of alkyl halides is 3. The van der Waals surface area contributed by atoms with Crippen molar-refractivity contribution in [3.05, 3.63) is 71.0 Å². The molecule has 3 aromatic rings. The quantitative estimate of drug-likeness (QED) is 0.466. The molecule has 0 radical (unpaired) electrons. The average molecular weight is 528 g/mol. The van der Waals surface area contributed by atoms with Crippen molar-refractivity contribution in [2.24, 2.45) is 0 Å². The number of amides is 1. The van der Waals surface area contributed by atoms with Gasteiger partial charge in [0.05, 0.1) is 18.0 Å². The number of nitrogens with two attached hydrogens (primary N) is 1. The maximum Gasteiger partial charge on any atom is 0.416 e. The second kappa shape index (κ2) is 11.4. The van der Waals surface area contributed by atoms with Crippen LogP contribution < -0.4 is 16.0 Å². The Hall–Kier alpha value is -3.70. The van der Waals surface area contributed by atoms with Gasteiger partial charge in [-0.15, -0.1) is 0 Å². The standard InChI is InChI=1S/C27H32F3N7O/c1-4-36-9-11-37(12-10-36)17-20-7-6-19(13-22(20)27(28,29)30)26(38)34-21-8-5-18(2)23(14-21)35(3)25-16-32-24(31)15-33-25/h5-8,13-16H,4,9-12,17H2,1-3H3,(H2,31,32)(H,34,38). The van der Waals surface area contributed by atoms with Crippen LogP contribution in [0.4, 0.5) is 36.2 Å². The Morgan fingerprint density at radius 2 is 1.76 bits per heavy atom. The van der Waals surface area contributed by atoms with E-state index in [9.17, 15) is 18.0 Å². The van der Waals surface area contributed by atoms with Gasteiger partial charge < -0.3 is 20.9 Å². The lowest BCUT2D eigenvalue weighted by Crippen LogP contribution is -2.45. The van der Waals surface area contributed by atoms with E-state index in [2.05, 4.69) is 27.1 Å². The summed E-state index contributed by atoms with van der Waals surface area (Å²) in [5, 5.41) is 2.73. The Morgan fingerprint density at radius 1 is 1.05 bits per heavy atom. The first kappa shape index (κ1) is 27.3. The van der Waals surface area contributed by atoms with E-state index < -0.39 is 17.6 Å². The van der Waals surface area contributed by atoms with Gasteiger partial charge in [0.1, 0.15) is 5.82 Å². The van der Waals surface area contributed by atoms with Crippen LogP contribution in [0.5, 0.6) is 0 Å². The van der Waals surface area contributed by atoms with Gasteiger partial charge in [0.25, 0.3) is 5.91 Å². The molecule has 0 atom stereocenters. The zero-order chi connectivity index (χ0) is 27.4. The molecule has 1 amide bonds. The molecule has 0 saturated carbocycles. The highest BCUT2D eigenvalue weighted by Gasteiger charge is 2.34. The number of hydrogen-bond donors (Lipinski definition) is 2. The first-order valence-corrected chi connectivity index (χ1v) is 12.4. The number of nitrogens with one attached hydrogen (secondary N) is 1. The fraction of sp³-hybridized carbons (Fsp3) is 0.370. The SMILES string of the molecule is CCN1CCN(Cc2ccc(C(=O)Nc3ccc(C)c(N(C)c4cnc(N)cn4)c3)cc2C(F)(F)F)CC1. The van der Waals surface area contributed by atoms with E-state index in [1.165, 1.54) is 24.5 Å². The molecule has 0 unspecified atom stereocenters. The average Bonchev–Trinajstić information content (AvgIpc) is 2.90. The van der Waals surface area contributed by atoms with E-state index in [0.717, 1.165) is 37.0 Å². The van der Waals surface area contributed by atoms with Gasteiger partial charge in [0.2, 0.25) is 0 Å². The van der Waals surface area contributed by atoms with Crippen molar-refractivity contribution >= 4 is 28.9 Å². The van der Waals surface area contributed by atoms with Crippen LogP contribution >= 0.6 is 0 Å². The topological polar surface area (TPSA) is 90.6 Å². The molecule has 2 aromatic carbocycles. The Bertz CT molecular complexity index is 1270. The van der Waals surface area contributed by atoms with Crippen molar-refractivity contribution in [3.8, 4) is 0 Å². The minimum absolute atomic E-state index is 0.0586. The lowest BCUT2D eigenvalue weighted by Gasteiger charge is -2.34. The van der Waals surface area contributed by atoms with Gasteiger partial charge in [-0.25, -0.2) is 9.97 Å². The Balaban J connectivity index is 1.52. The monoisotopic (exact) mass is 527 g/mol. The van der Waals surface area contributed by atoms with E-state index in [-0.39, 0.29) is 17.7 Å². The first-order chi connectivity index (χ1) is 18.0. The summed E-state index contributed by atoms with van der Waals surface area (Å²) >= 11 is 0. The fourth-order valence-corrected chi connectivity index (χ4v) is 4.50. The maximum absolute atomic E-state index is 14.0. The molecule has 38 heavy (non-hydrogen) atoms. The molecule has 0 aliphatic carbocycles. The van der Waals surface area contributed by atoms with E-state index in [4.69, 9.17) is 5.73 Å². The highest BCUT2D eigenvalue weighted by atomic mass is 19.4. The van der Waals surface area contributed by atoms with Crippen LogP contribution in [-0.4, -0.2) is 65.4 Å². The van der Waals surface area contributed by atoms with Crippen molar-refractivity contribution in [1.82, 2.24) is 19.8 Å². The molecule has 3 N–H and O–H groups in total. The molecular formula is C27H32F3N7O. The summed E-state index contributed by atoms with van der Waals surface area (Å²) in [5.74, 6) is 0.221. The van der Waals surface area contributed by atoms with Crippen LogP contribution in [0.2, 0.25) is 0 Å². The largest absolute Gasteiger partial charge is 0.416 e. The molecule has 2 heterocycles. The van der Waals surface area contributed by atoms with Crippen molar-refractivity contribution in [2.75, 3.05) is 55.7 Å². The van der Waals surface area contributed by atoms with E-state index in [1.807, 2.05) is 17.9 Å². The van der Waals surface area contributed by atoms with Crippen molar-refractivity contribution in [1.29, 1.82) is 0 Å². The van der Waals surface area contributed by atoms with Crippen LogP contribution in [0.3, 0.4) is 0 Å². The zero-order valence-corrected chi connectivity index (χ0v) is 21.7. The summed E-state index contributed by atoms with van der Waals surface area (Å²) < 4.78 is 41.9. The number of halogens is 3. The molecule has 0 bridgehead atoms. The lowest BCUT2D eigenvalue weighted by atomic mass is 10.0. The summed E-state index contributed by atoms with van der Waals surface area (Å²) in [6.45, 7) is 8.17. The van der Waals surface area contributed by atoms with Gasteiger partial charge in [-0.05, 0) is 48.9 Å². The Morgan fingerprint density at radius 3 is 2.39 bits per heavy atom. The molecule has 8 nitrogen and oxygen atoms in total. The van der Waals surface area contributed by atoms with Crippen LogP contribution in [-0.2, 0) is 12.7 Å². The number of aromatic nitrogens is 2. The third kappa shape index (κ3) is 6.40. The maximum atomic E-state index is 14.0. The summed E-state index contributed by atoms with van der Waals surface area (Å²) in [6.07, 6.45) is -1.60. The second-order valence-corrected chi connectivity index (χ2v) is 9.39. The molecule has 4 rings (SSSR count). The van der Waals surface area contributed by atoms with Crippen molar-refractivity contribution in [3.63, 3.8) is 0 Å². The molecule has 1 aliphatic heterocycles. The predicted octanol–water partition coefficient (Wildman–Crippen LogP) is 4.54. The summed E-state index contributed by atoms with van der Waals surface area (Å²) in [6, 6.07) is 9.06. The molecular weight excluding hydrogens is 495 g/mol. The zero-order valence-electron chi connectivity index (χ0n) is 21.7. The number of piperazine rings is 1. The normalized spacial score (nSPS) is 14.9. The number of rotatable bonds is 7.